The number of hydrogen-bond donors (Lipinski definition) is 2. The van der Waals surface area contributed by atoms with Crippen molar-refractivity contribution in [3.63, 3.8) is 0 Å². The molecule has 164 valence electrons. The van der Waals surface area contributed by atoms with Gasteiger partial charge in [0.25, 0.3) is 5.91 Å². The van der Waals surface area contributed by atoms with Crippen LogP contribution in [0.5, 0.6) is 0 Å². The average Bonchev–Trinajstić information content (AvgIpc) is 3.53. The van der Waals surface area contributed by atoms with Gasteiger partial charge in [0, 0.05) is 37.3 Å². The molecule has 0 bridgehead atoms. The van der Waals surface area contributed by atoms with Gasteiger partial charge >= 0.3 is 0 Å². The summed E-state index contributed by atoms with van der Waals surface area (Å²) in [6.07, 6.45) is 4.50. The molecule has 0 aromatic carbocycles. The van der Waals surface area contributed by atoms with E-state index in [2.05, 4.69) is 25.6 Å². The summed E-state index contributed by atoms with van der Waals surface area (Å²) in [6.45, 7) is 5.10. The molecule has 0 radical (unpaired) electrons. The highest BCUT2D eigenvalue weighted by Gasteiger charge is 2.29. The number of carbonyl (C=O) groups is 1. The highest BCUT2D eigenvalue weighted by molar-refractivity contribution is 7.71. The number of carbonyl (C=O) groups excluding carboxylic acids is 1. The lowest BCUT2D eigenvalue weighted by Gasteiger charge is -2.10. The van der Waals surface area contributed by atoms with E-state index < -0.39 is 0 Å². The molecule has 1 fully saturated rings. The lowest BCUT2D eigenvalue weighted by molar-refractivity contribution is 0.0955. The quantitative estimate of drug-likeness (QED) is 0.421. The Morgan fingerprint density at radius 1 is 1.34 bits per heavy atom. The Balaban J connectivity index is 1.48. The van der Waals surface area contributed by atoms with E-state index in [0.717, 1.165) is 42.0 Å². The number of nitrogens with zero attached hydrogens (tertiary/aromatic N) is 6. The molecule has 9 nitrogen and oxygen atoms in total. The van der Waals surface area contributed by atoms with Crippen LogP contribution in [0.3, 0.4) is 0 Å². The Morgan fingerprint density at radius 3 is 2.91 bits per heavy atom. The first-order valence-corrected chi connectivity index (χ1v) is 11.2. The topological polar surface area (TPSA) is 106 Å². The fourth-order valence-electron chi connectivity index (χ4n) is 3.96. The maximum atomic E-state index is 13.3. The first kappa shape index (κ1) is 20.5. The van der Waals surface area contributed by atoms with Gasteiger partial charge < -0.3 is 9.88 Å². The molecule has 32 heavy (non-hydrogen) atoms. The maximum absolute atomic E-state index is 13.3. The largest absolute Gasteiger partial charge is 0.352 e. The summed E-state index contributed by atoms with van der Waals surface area (Å²) in [5.74, 6) is 1.77. The van der Waals surface area contributed by atoms with Crippen molar-refractivity contribution >= 4 is 29.2 Å². The van der Waals surface area contributed by atoms with Gasteiger partial charge in [-0.25, -0.2) is 9.97 Å². The molecular weight excluding hydrogens is 424 g/mol. The van der Waals surface area contributed by atoms with Gasteiger partial charge in [-0.05, 0) is 57.1 Å². The molecule has 0 spiro atoms. The van der Waals surface area contributed by atoms with Gasteiger partial charge in [0.05, 0.1) is 16.6 Å². The van der Waals surface area contributed by atoms with Gasteiger partial charge in [-0.1, -0.05) is 6.07 Å². The minimum Gasteiger partial charge on any atom is -0.352 e. The van der Waals surface area contributed by atoms with Crippen LogP contribution in [0.25, 0.3) is 16.9 Å². The van der Waals surface area contributed by atoms with Crippen LogP contribution < -0.4 is 5.32 Å². The third kappa shape index (κ3) is 3.70. The predicted molar refractivity (Wildman–Crippen MR) is 122 cm³/mol. The Labute approximate surface area is 189 Å². The van der Waals surface area contributed by atoms with E-state index in [-0.39, 0.29) is 5.91 Å². The van der Waals surface area contributed by atoms with Gasteiger partial charge in [0.1, 0.15) is 5.82 Å². The number of nitrogens with one attached hydrogen (secondary N) is 2. The number of pyridine rings is 2. The Bertz CT molecular complexity index is 1350. The molecule has 0 atom stereocenters. The molecule has 4 heterocycles. The predicted octanol–water partition coefficient (Wildman–Crippen LogP) is 3.25. The molecule has 1 amide bonds. The number of amides is 1. The molecule has 2 N–H and O–H groups in total. The maximum Gasteiger partial charge on any atom is 0.252 e. The van der Waals surface area contributed by atoms with Crippen molar-refractivity contribution in [3.8, 4) is 5.82 Å². The SMILES string of the molecule is CCn1c(CCNC(=O)c2cc(C3CC3)nc3c2c(C)nn3-c2ccccn2)n[nH]c1=S. The number of rotatable bonds is 7. The van der Waals surface area contributed by atoms with Crippen LogP contribution in [0.2, 0.25) is 0 Å². The first-order valence-electron chi connectivity index (χ1n) is 10.8. The zero-order chi connectivity index (χ0) is 22.2. The van der Waals surface area contributed by atoms with Crippen LogP contribution >= 0.6 is 12.2 Å². The van der Waals surface area contributed by atoms with Crippen LogP contribution in [0.15, 0.2) is 30.5 Å². The Kier molecular flexibility index (Phi) is 5.30. The van der Waals surface area contributed by atoms with E-state index >= 15 is 0 Å². The smallest absolute Gasteiger partial charge is 0.252 e. The average molecular weight is 449 g/mol. The zero-order valence-corrected chi connectivity index (χ0v) is 18.8. The van der Waals surface area contributed by atoms with Crippen LogP contribution in [0.1, 0.15) is 53.3 Å². The second-order valence-corrected chi connectivity index (χ2v) is 8.33. The highest BCUT2D eigenvalue weighted by atomic mass is 32.1. The van der Waals surface area contributed by atoms with Gasteiger partial charge in [0.2, 0.25) is 0 Å². The molecule has 1 saturated carbocycles. The number of aromatic amines is 1. The standard InChI is InChI=1S/C22H24N8OS/c1-3-29-18(26-27-22(29)32)9-11-24-21(31)15-12-16(14-7-8-14)25-20-19(15)13(2)28-30(20)17-6-4-5-10-23-17/h4-6,10,12,14H,3,7-9,11H2,1-2H3,(H,24,31)(H,27,32). The molecule has 4 aromatic rings. The number of aromatic nitrogens is 7. The molecule has 1 aliphatic rings. The van der Waals surface area contributed by atoms with Crippen molar-refractivity contribution in [2.75, 3.05) is 6.54 Å². The summed E-state index contributed by atoms with van der Waals surface area (Å²) < 4.78 is 4.25. The molecule has 10 heteroatoms. The monoisotopic (exact) mass is 448 g/mol. The number of aryl methyl sites for hydroxylation is 1. The molecule has 4 aromatic heterocycles. The Morgan fingerprint density at radius 2 is 2.19 bits per heavy atom. The van der Waals surface area contributed by atoms with E-state index in [1.807, 2.05) is 42.7 Å². The fourth-order valence-corrected chi connectivity index (χ4v) is 4.24. The summed E-state index contributed by atoms with van der Waals surface area (Å²) in [7, 11) is 0. The third-order valence-electron chi connectivity index (χ3n) is 5.73. The normalized spacial score (nSPS) is 13.6. The Hall–Kier alpha value is -3.40. The van der Waals surface area contributed by atoms with Crippen molar-refractivity contribution in [3.05, 3.63) is 58.0 Å². The minimum absolute atomic E-state index is 0.139. The van der Waals surface area contributed by atoms with E-state index in [1.54, 1.807) is 10.9 Å². The summed E-state index contributed by atoms with van der Waals surface area (Å²) in [5, 5.41) is 15.5. The molecule has 0 unspecified atom stereocenters. The fraction of sp³-hybridized carbons (Fsp3) is 0.364. The summed E-state index contributed by atoms with van der Waals surface area (Å²) in [5.41, 5.74) is 2.96. The van der Waals surface area contributed by atoms with Crippen molar-refractivity contribution in [1.29, 1.82) is 0 Å². The van der Waals surface area contributed by atoms with Crippen LogP contribution in [0.4, 0.5) is 0 Å². The van der Waals surface area contributed by atoms with Gasteiger partial charge in [-0.3, -0.25) is 9.89 Å². The first-order chi connectivity index (χ1) is 15.6. The number of H-pyrrole nitrogens is 1. The second-order valence-electron chi connectivity index (χ2n) is 7.95. The van der Waals surface area contributed by atoms with Crippen molar-refractivity contribution in [1.82, 2.24) is 39.8 Å². The minimum atomic E-state index is -0.139. The zero-order valence-electron chi connectivity index (χ0n) is 18.0. The number of hydrogen-bond acceptors (Lipinski definition) is 6. The summed E-state index contributed by atoms with van der Waals surface area (Å²) in [4.78, 5) is 22.6. The molecule has 5 rings (SSSR count). The molecule has 1 aliphatic carbocycles. The summed E-state index contributed by atoms with van der Waals surface area (Å²) in [6, 6.07) is 7.59. The van der Waals surface area contributed by atoms with Crippen molar-refractivity contribution < 1.29 is 4.79 Å². The highest BCUT2D eigenvalue weighted by Crippen LogP contribution is 2.40. The lowest BCUT2D eigenvalue weighted by atomic mass is 10.1. The van der Waals surface area contributed by atoms with Crippen molar-refractivity contribution in [2.24, 2.45) is 0 Å². The van der Waals surface area contributed by atoms with Crippen LogP contribution in [-0.4, -0.2) is 47.0 Å². The van der Waals surface area contributed by atoms with Gasteiger partial charge in [0.15, 0.2) is 16.2 Å². The lowest BCUT2D eigenvalue weighted by Crippen LogP contribution is -2.27. The summed E-state index contributed by atoms with van der Waals surface area (Å²) >= 11 is 5.24. The van der Waals surface area contributed by atoms with Crippen molar-refractivity contribution in [2.45, 2.75) is 45.6 Å². The van der Waals surface area contributed by atoms with E-state index in [1.165, 1.54) is 0 Å². The second kappa shape index (κ2) is 8.27. The van der Waals surface area contributed by atoms with Crippen LogP contribution in [-0.2, 0) is 13.0 Å². The van der Waals surface area contributed by atoms with E-state index in [4.69, 9.17) is 17.2 Å². The molecular formula is C22H24N8OS. The number of fused-ring (bicyclic) bond motifs is 1. The van der Waals surface area contributed by atoms with Gasteiger partial charge in [-0.2, -0.15) is 14.9 Å². The van der Waals surface area contributed by atoms with E-state index in [9.17, 15) is 4.79 Å². The third-order valence-corrected chi connectivity index (χ3v) is 6.04. The molecule has 0 aliphatic heterocycles. The van der Waals surface area contributed by atoms with Crippen LogP contribution in [0, 0.1) is 11.7 Å². The van der Waals surface area contributed by atoms with E-state index in [0.29, 0.717) is 40.7 Å². The molecule has 0 saturated heterocycles. The van der Waals surface area contributed by atoms with Gasteiger partial charge in [-0.15, -0.1) is 0 Å².